The Morgan fingerprint density at radius 1 is 1.47 bits per heavy atom. The van der Waals surface area contributed by atoms with Crippen molar-refractivity contribution in [3.05, 3.63) is 40.7 Å². The predicted molar refractivity (Wildman–Crippen MR) is 63.1 cm³/mol. The monoisotopic (exact) mass is 253 g/mol. The van der Waals surface area contributed by atoms with E-state index in [-0.39, 0.29) is 0 Å². The molecule has 6 heteroatoms. The molecular weight excluding hydrogens is 242 g/mol. The lowest BCUT2D eigenvalue weighted by Gasteiger charge is -2.14. The van der Waals surface area contributed by atoms with Crippen molar-refractivity contribution in [2.24, 2.45) is 7.05 Å². The molecule has 0 radical (unpaired) electrons. The van der Waals surface area contributed by atoms with Crippen LogP contribution in [0.2, 0.25) is 5.02 Å². The normalized spacial score (nSPS) is 12.5. The molecule has 0 aliphatic rings. The first-order valence-electron chi connectivity index (χ1n) is 4.99. The topological polar surface area (TPSA) is 60.2 Å². The molecule has 2 aromatic rings. The van der Waals surface area contributed by atoms with Crippen molar-refractivity contribution in [2.75, 3.05) is 7.11 Å². The zero-order chi connectivity index (χ0) is 12.4. The Labute approximate surface area is 104 Å². The minimum atomic E-state index is -0.872. The number of methoxy groups -OCH3 is 1. The minimum absolute atomic E-state index is 0.537. The standard InChI is InChI=1S/C11H12ClN3O2/c1-15-9(6-13-14-15)11(16)8-5-7(12)3-4-10(8)17-2/h3-6,11,16H,1-2H3. The molecule has 0 aliphatic carbocycles. The maximum Gasteiger partial charge on any atom is 0.126 e. The highest BCUT2D eigenvalue weighted by molar-refractivity contribution is 6.30. The van der Waals surface area contributed by atoms with Gasteiger partial charge >= 0.3 is 0 Å². The van der Waals surface area contributed by atoms with Crippen molar-refractivity contribution >= 4 is 11.6 Å². The van der Waals surface area contributed by atoms with E-state index >= 15 is 0 Å². The highest BCUT2D eigenvalue weighted by Crippen LogP contribution is 2.31. The lowest BCUT2D eigenvalue weighted by molar-refractivity contribution is 0.204. The van der Waals surface area contributed by atoms with Crippen LogP contribution >= 0.6 is 11.6 Å². The summed E-state index contributed by atoms with van der Waals surface area (Å²) >= 11 is 5.91. The Bertz CT molecular complexity index is 527. The summed E-state index contributed by atoms with van der Waals surface area (Å²) in [5.41, 5.74) is 1.16. The number of ether oxygens (including phenoxy) is 1. The van der Waals surface area contributed by atoms with Gasteiger partial charge in [-0.1, -0.05) is 16.8 Å². The molecule has 90 valence electrons. The molecule has 0 fully saturated rings. The number of nitrogens with zero attached hydrogens (tertiary/aromatic N) is 3. The average molecular weight is 254 g/mol. The van der Waals surface area contributed by atoms with Crippen LogP contribution < -0.4 is 4.74 Å². The molecule has 0 amide bonds. The van der Waals surface area contributed by atoms with Crippen LogP contribution in [0.1, 0.15) is 17.4 Å². The maximum atomic E-state index is 10.3. The van der Waals surface area contributed by atoms with Crippen molar-refractivity contribution < 1.29 is 9.84 Å². The summed E-state index contributed by atoms with van der Waals surface area (Å²) in [4.78, 5) is 0. The van der Waals surface area contributed by atoms with E-state index in [0.29, 0.717) is 22.0 Å². The molecule has 1 heterocycles. The Balaban J connectivity index is 2.46. The minimum Gasteiger partial charge on any atom is -0.496 e. The smallest absolute Gasteiger partial charge is 0.126 e. The van der Waals surface area contributed by atoms with E-state index in [1.807, 2.05) is 0 Å². The van der Waals surface area contributed by atoms with Crippen LogP contribution in [0.25, 0.3) is 0 Å². The quantitative estimate of drug-likeness (QED) is 0.902. The summed E-state index contributed by atoms with van der Waals surface area (Å²) < 4.78 is 6.70. The number of aryl methyl sites for hydroxylation is 1. The molecule has 1 unspecified atom stereocenters. The molecule has 1 N–H and O–H groups in total. The average Bonchev–Trinajstić information content (AvgIpc) is 2.74. The summed E-state index contributed by atoms with van der Waals surface area (Å²) in [5, 5.41) is 18.3. The Morgan fingerprint density at radius 2 is 2.24 bits per heavy atom. The number of aromatic nitrogens is 3. The van der Waals surface area contributed by atoms with E-state index < -0.39 is 6.10 Å². The first kappa shape index (κ1) is 11.9. The van der Waals surface area contributed by atoms with Gasteiger partial charge in [0.05, 0.1) is 19.0 Å². The van der Waals surface area contributed by atoms with Gasteiger partial charge in [0, 0.05) is 17.6 Å². The summed E-state index contributed by atoms with van der Waals surface area (Å²) in [6, 6.07) is 5.08. The van der Waals surface area contributed by atoms with E-state index in [4.69, 9.17) is 16.3 Å². The van der Waals surface area contributed by atoms with E-state index in [9.17, 15) is 5.11 Å². The summed E-state index contributed by atoms with van der Waals surface area (Å²) in [6.45, 7) is 0. The van der Waals surface area contributed by atoms with Crippen molar-refractivity contribution in [1.82, 2.24) is 15.0 Å². The highest BCUT2D eigenvalue weighted by atomic mass is 35.5. The van der Waals surface area contributed by atoms with E-state index in [2.05, 4.69) is 10.3 Å². The van der Waals surface area contributed by atoms with Gasteiger partial charge in [-0.05, 0) is 18.2 Å². The van der Waals surface area contributed by atoms with Crippen molar-refractivity contribution in [3.63, 3.8) is 0 Å². The third-order valence-electron chi connectivity index (χ3n) is 2.52. The van der Waals surface area contributed by atoms with Crippen LogP contribution in [-0.4, -0.2) is 27.2 Å². The fourth-order valence-electron chi connectivity index (χ4n) is 1.62. The third kappa shape index (κ3) is 2.25. The summed E-state index contributed by atoms with van der Waals surface area (Å²) in [7, 11) is 3.25. The number of hydrogen-bond acceptors (Lipinski definition) is 4. The van der Waals surface area contributed by atoms with Crippen molar-refractivity contribution in [3.8, 4) is 5.75 Å². The van der Waals surface area contributed by atoms with Gasteiger partial charge in [0.1, 0.15) is 11.9 Å². The van der Waals surface area contributed by atoms with Gasteiger partial charge in [0.15, 0.2) is 0 Å². The molecule has 0 aliphatic heterocycles. The van der Waals surface area contributed by atoms with E-state index in [0.717, 1.165) is 0 Å². The predicted octanol–water partition coefficient (Wildman–Crippen LogP) is 1.56. The lowest BCUT2D eigenvalue weighted by atomic mass is 10.1. The van der Waals surface area contributed by atoms with Gasteiger partial charge in [0.2, 0.25) is 0 Å². The molecule has 2 rings (SSSR count). The largest absolute Gasteiger partial charge is 0.496 e. The Hall–Kier alpha value is -1.59. The molecule has 1 aromatic carbocycles. The van der Waals surface area contributed by atoms with Crippen LogP contribution in [-0.2, 0) is 7.05 Å². The second kappa shape index (κ2) is 4.73. The molecule has 0 saturated carbocycles. The number of rotatable bonds is 3. The van der Waals surface area contributed by atoms with Crippen LogP contribution in [0.4, 0.5) is 0 Å². The number of benzene rings is 1. The van der Waals surface area contributed by atoms with Gasteiger partial charge in [-0.3, -0.25) is 0 Å². The Morgan fingerprint density at radius 3 is 2.82 bits per heavy atom. The zero-order valence-electron chi connectivity index (χ0n) is 9.46. The molecule has 0 spiro atoms. The third-order valence-corrected chi connectivity index (χ3v) is 2.75. The molecule has 0 bridgehead atoms. The first-order valence-corrected chi connectivity index (χ1v) is 5.37. The summed E-state index contributed by atoms with van der Waals surface area (Å²) in [5.74, 6) is 0.572. The van der Waals surface area contributed by atoms with Gasteiger partial charge in [-0.15, -0.1) is 5.10 Å². The molecule has 1 aromatic heterocycles. The van der Waals surface area contributed by atoms with Crippen LogP contribution in [0.5, 0.6) is 5.75 Å². The second-order valence-corrected chi connectivity index (χ2v) is 4.01. The maximum absolute atomic E-state index is 10.3. The molecular formula is C11H12ClN3O2. The molecule has 0 saturated heterocycles. The van der Waals surface area contributed by atoms with E-state index in [1.54, 1.807) is 32.4 Å². The van der Waals surface area contributed by atoms with Gasteiger partial charge < -0.3 is 9.84 Å². The highest BCUT2D eigenvalue weighted by Gasteiger charge is 2.19. The van der Waals surface area contributed by atoms with Gasteiger partial charge in [-0.2, -0.15) is 0 Å². The number of halogens is 1. The Kier molecular flexibility index (Phi) is 3.31. The van der Waals surface area contributed by atoms with Crippen molar-refractivity contribution in [2.45, 2.75) is 6.10 Å². The van der Waals surface area contributed by atoms with Gasteiger partial charge in [-0.25, -0.2) is 4.68 Å². The molecule has 5 nitrogen and oxygen atoms in total. The first-order chi connectivity index (χ1) is 8.13. The summed E-state index contributed by atoms with van der Waals surface area (Å²) in [6.07, 6.45) is 0.633. The molecule has 1 atom stereocenters. The fourth-order valence-corrected chi connectivity index (χ4v) is 1.80. The number of hydrogen-bond donors (Lipinski definition) is 1. The van der Waals surface area contributed by atoms with Crippen LogP contribution in [0.3, 0.4) is 0 Å². The SMILES string of the molecule is COc1ccc(Cl)cc1C(O)c1cnnn1C. The lowest BCUT2D eigenvalue weighted by Crippen LogP contribution is -2.08. The van der Waals surface area contributed by atoms with E-state index in [1.165, 1.54) is 10.9 Å². The fraction of sp³-hybridized carbons (Fsp3) is 0.273. The number of aliphatic hydroxyl groups is 1. The van der Waals surface area contributed by atoms with Crippen LogP contribution in [0.15, 0.2) is 24.4 Å². The molecule has 17 heavy (non-hydrogen) atoms. The van der Waals surface area contributed by atoms with Crippen LogP contribution in [0, 0.1) is 0 Å². The van der Waals surface area contributed by atoms with Crippen molar-refractivity contribution in [1.29, 1.82) is 0 Å². The van der Waals surface area contributed by atoms with Gasteiger partial charge in [0.25, 0.3) is 0 Å². The zero-order valence-corrected chi connectivity index (χ0v) is 10.2. The number of aliphatic hydroxyl groups excluding tert-OH is 1. The second-order valence-electron chi connectivity index (χ2n) is 3.57.